The molecule has 4 nitrogen and oxygen atoms in total. The number of amides is 2. The van der Waals surface area contributed by atoms with E-state index in [0.29, 0.717) is 30.0 Å². The van der Waals surface area contributed by atoms with E-state index in [0.717, 1.165) is 17.8 Å². The first kappa shape index (κ1) is 17.8. The second-order valence-corrected chi connectivity index (χ2v) is 9.05. The van der Waals surface area contributed by atoms with Crippen molar-refractivity contribution in [1.29, 1.82) is 0 Å². The maximum atomic E-state index is 12.4. The van der Waals surface area contributed by atoms with Crippen LogP contribution in [0.4, 0.5) is 0 Å². The molecule has 1 aromatic rings. The molecule has 4 bridgehead atoms. The third kappa shape index (κ3) is 3.90. The van der Waals surface area contributed by atoms with E-state index in [2.05, 4.69) is 10.6 Å². The van der Waals surface area contributed by atoms with Crippen LogP contribution in [0.5, 0.6) is 0 Å². The van der Waals surface area contributed by atoms with E-state index in [1.54, 1.807) is 24.3 Å². The predicted molar refractivity (Wildman–Crippen MR) is 102 cm³/mol. The van der Waals surface area contributed by atoms with Crippen molar-refractivity contribution < 1.29 is 9.59 Å². The minimum absolute atomic E-state index is 0.0817. The number of rotatable bonds is 6. The lowest BCUT2D eigenvalue weighted by Crippen LogP contribution is -2.59. The van der Waals surface area contributed by atoms with Gasteiger partial charge in [0.2, 0.25) is 5.91 Å². The molecular weight excluding hydrogens is 348 g/mol. The van der Waals surface area contributed by atoms with E-state index in [4.69, 9.17) is 11.6 Å². The number of carbonyl (C=O) groups is 2. The molecule has 0 saturated heterocycles. The first-order valence-electron chi connectivity index (χ1n) is 9.86. The molecule has 5 heteroatoms. The highest BCUT2D eigenvalue weighted by Gasteiger charge is 2.51. The molecular formula is C21H27ClN2O2. The van der Waals surface area contributed by atoms with Crippen LogP contribution >= 0.6 is 11.6 Å². The number of hydrogen-bond donors (Lipinski definition) is 2. The zero-order valence-electron chi connectivity index (χ0n) is 15.1. The average molecular weight is 375 g/mol. The maximum absolute atomic E-state index is 12.4. The van der Waals surface area contributed by atoms with E-state index in [-0.39, 0.29) is 17.4 Å². The Hall–Kier alpha value is -1.55. The lowest BCUT2D eigenvalue weighted by molar-refractivity contribution is -0.126. The van der Waals surface area contributed by atoms with Crippen LogP contribution in [0.1, 0.15) is 61.7 Å². The Morgan fingerprint density at radius 1 is 1.00 bits per heavy atom. The summed E-state index contributed by atoms with van der Waals surface area (Å²) in [6.07, 6.45) is 8.82. The molecule has 0 spiro atoms. The summed E-state index contributed by atoms with van der Waals surface area (Å²) in [7, 11) is 0. The van der Waals surface area contributed by atoms with Crippen molar-refractivity contribution >= 4 is 23.4 Å². The number of hydrogen-bond acceptors (Lipinski definition) is 2. The lowest BCUT2D eigenvalue weighted by atomic mass is 9.53. The Labute approximate surface area is 160 Å². The molecule has 26 heavy (non-hydrogen) atoms. The second kappa shape index (κ2) is 7.22. The van der Waals surface area contributed by atoms with Gasteiger partial charge in [0.25, 0.3) is 5.91 Å². The Morgan fingerprint density at radius 2 is 1.58 bits per heavy atom. The molecule has 0 aromatic heterocycles. The fourth-order valence-electron chi connectivity index (χ4n) is 5.78. The molecule has 2 amide bonds. The van der Waals surface area contributed by atoms with Gasteiger partial charge in [-0.3, -0.25) is 9.59 Å². The molecule has 0 unspecified atom stereocenters. The summed E-state index contributed by atoms with van der Waals surface area (Å²) in [4.78, 5) is 24.5. The summed E-state index contributed by atoms with van der Waals surface area (Å²) < 4.78 is 0. The zero-order chi connectivity index (χ0) is 18.1. The highest BCUT2D eigenvalue weighted by Crippen LogP contribution is 2.55. The molecule has 0 aliphatic heterocycles. The van der Waals surface area contributed by atoms with Gasteiger partial charge in [-0.15, -0.1) is 0 Å². The topological polar surface area (TPSA) is 58.2 Å². The van der Waals surface area contributed by atoms with Crippen molar-refractivity contribution in [2.75, 3.05) is 6.54 Å². The van der Waals surface area contributed by atoms with Crippen molar-refractivity contribution in [1.82, 2.24) is 10.6 Å². The monoisotopic (exact) mass is 374 g/mol. The van der Waals surface area contributed by atoms with Gasteiger partial charge < -0.3 is 10.6 Å². The number of halogens is 1. The van der Waals surface area contributed by atoms with Gasteiger partial charge in [0, 0.05) is 29.1 Å². The standard InChI is InChI=1S/C21H27ClN2O2/c22-18-5-3-17(4-6-18)20(26)23-7-1-2-19(25)24-21-11-14-8-15(12-21)10-16(9-14)13-21/h3-6,14-16H,1-2,7-13H2,(H,23,26)(H,24,25). The molecule has 4 aliphatic rings. The minimum Gasteiger partial charge on any atom is -0.352 e. The van der Waals surface area contributed by atoms with Gasteiger partial charge in [-0.05, 0) is 87.0 Å². The van der Waals surface area contributed by atoms with Gasteiger partial charge in [0.15, 0.2) is 0 Å². The Kier molecular flexibility index (Phi) is 4.96. The minimum atomic E-state index is -0.122. The molecule has 0 heterocycles. The van der Waals surface area contributed by atoms with Gasteiger partial charge in [-0.25, -0.2) is 0 Å². The summed E-state index contributed by atoms with van der Waals surface area (Å²) in [5.41, 5.74) is 0.672. The van der Waals surface area contributed by atoms with Crippen LogP contribution in [0.3, 0.4) is 0 Å². The molecule has 1 aromatic carbocycles. The van der Waals surface area contributed by atoms with Crippen LogP contribution in [-0.2, 0) is 4.79 Å². The Morgan fingerprint density at radius 3 is 2.15 bits per heavy atom. The Bertz CT molecular complexity index is 650. The van der Waals surface area contributed by atoms with E-state index in [1.165, 1.54) is 38.5 Å². The number of nitrogens with one attached hydrogen (secondary N) is 2. The number of benzene rings is 1. The molecule has 4 fully saturated rings. The van der Waals surface area contributed by atoms with E-state index in [1.807, 2.05) is 0 Å². The van der Waals surface area contributed by atoms with Gasteiger partial charge in [-0.2, -0.15) is 0 Å². The molecule has 4 saturated carbocycles. The normalized spacial score (nSPS) is 31.7. The van der Waals surface area contributed by atoms with E-state index < -0.39 is 0 Å². The maximum Gasteiger partial charge on any atom is 0.251 e. The molecule has 0 atom stereocenters. The van der Waals surface area contributed by atoms with Crippen LogP contribution in [0.2, 0.25) is 5.02 Å². The summed E-state index contributed by atoms with van der Waals surface area (Å²) in [5.74, 6) is 2.52. The average Bonchev–Trinajstić information content (AvgIpc) is 2.57. The fourth-order valence-corrected chi connectivity index (χ4v) is 5.90. The molecule has 4 aliphatic carbocycles. The van der Waals surface area contributed by atoms with E-state index in [9.17, 15) is 9.59 Å². The highest BCUT2D eigenvalue weighted by atomic mass is 35.5. The first-order valence-corrected chi connectivity index (χ1v) is 10.2. The van der Waals surface area contributed by atoms with Crippen molar-refractivity contribution in [2.45, 2.75) is 56.9 Å². The first-order chi connectivity index (χ1) is 12.5. The van der Waals surface area contributed by atoms with Crippen LogP contribution in [-0.4, -0.2) is 23.9 Å². The van der Waals surface area contributed by atoms with Gasteiger partial charge >= 0.3 is 0 Å². The molecule has 140 valence electrons. The lowest BCUT2D eigenvalue weighted by Gasteiger charge is -2.56. The van der Waals surface area contributed by atoms with Gasteiger partial charge in [0.1, 0.15) is 0 Å². The summed E-state index contributed by atoms with van der Waals surface area (Å²) in [5, 5.41) is 6.87. The van der Waals surface area contributed by atoms with E-state index >= 15 is 0 Å². The quantitative estimate of drug-likeness (QED) is 0.741. The molecule has 2 N–H and O–H groups in total. The fraction of sp³-hybridized carbons (Fsp3) is 0.619. The van der Waals surface area contributed by atoms with Crippen molar-refractivity contribution in [3.05, 3.63) is 34.9 Å². The number of carbonyl (C=O) groups excluding carboxylic acids is 2. The molecule has 0 radical (unpaired) electrons. The van der Waals surface area contributed by atoms with Crippen LogP contribution in [0, 0.1) is 17.8 Å². The second-order valence-electron chi connectivity index (χ2n) is 8.61. The third-order valence-electron chi connectivity index (χ3n) is 6.42. The van der Waals surface area contributed by atoms with Gasteiger partial charge in [-0.1, -0.05) is 11.6 Å². The summed E-state index contributed by atoms with van der Waals surface area (Å²) in [6.45, 7) is 0.510. The van der Waals surface area contributed by atoms with Crippen LogP contribution in [0.15, 0.2) is 24.3 Å². The highest BCUT2D eigenvalue weighted by molar-refractivity contribution is 6.30. The third-order valence-corrected chi connectivity index (χ3v) is 6.67. The van der Waals surface area contributed by atoms with Crippen molar-refractivity contribution in [3.8, 4) is 0 Å². The summed E-state index contributed by atoms with van der Waals surface area (Å²) >= 11 is 5.83. The Balaban J connectivity index is 1.20. The van der Waals surface area contributed by atoms with Gasteiger partial charge in [0.05, 0.1) is 0 Å². The predicted octanol–water partition coefficient (Wildman–Crippen LogP) is 3.94. The smallest absolute Gasteiger partial charge is 0.251 e. The van der Waals surface area contributed by atoms with Crippen LogP contribution in [0.25, 0.3) is 0 Å². The van der Waals surface area contributed by atoms with Crippen molar-refractivity contribution in [3.63, 3.8) is 0 Å². The zero-order valence-corrected chi connectivity index (χ0v) is 15.9. The SMILES string of the molecule is O=C(CCCNC(=O)c1ccc(Cl)cc1)NC12CC3CC(CC(C3)C1)C2. The van der Waals surface area contributed by atoms with Crippen LogP contribution < -0.4 is 10.6 Å². The molecule has 5 rings (SSSR count). The summed E-state index contributed by atoms with van der Waals surface area (Å²) in [6, 6.07) is 6.82. The van der Waals surface area contributed by atoms with Crippen molar-refractivity contribution in [2.24, 2.45) is 17.8 Å². The largest absolute Gasteiger partial charge is 0.352 e.